The number of nitrogens with zero attached hydrogens (tertiary/aromatic N) is 1. The van der Waals surface area contributed by atoms with E-state index in [1.807, 2.05) is 0 Å². The smallest absolute Gasteiger partial charge is 0.214 e. The van der Waals surface area contributed by atoms with E-state index in [0.29, 0.717) is 37.2 Å². The Morgan fingerprint density at radius 1 is 1.00 bits per heavy atom. The van der Waals surface area contributed by atoms with Crippen molar-refractivity contribution >= 4 is 10.0 Å². The lowest BCUT2D eigenvalue weighted by atomic mass is 9.99. The zero-order valence-electron chi connectivity index (χ0n) is 10.5. The second-order valence-corrected chi connectivity index (χ2v) is 7.52. The highest BCUT2D eigenvalue weighted by Crippen LogP contribution is 2.28. The van der Waals surface area contributed by atoms with Gasteiger partial charge < -0.3 is 5.73 Å². The molecule has 1 heterocycles. The fourth-order valence-electron chi connectivity index (χ4n) is 3.00. The molecule has 17 heavy (non-hydrogen) atoms. The highest BCUT2D eigenvalue weighted by atomic mass is 32.2. The van der Waals surface area contributed by atoms with E-state index in [2.05, 4.69) is 0 Å². The van der Waals surface area contributed by atoms with E-state index < -0.39 is 10.0 Å². The van der Waals surface area contributed by atoms with Crippen molar-refractivity contribution in [3.8, 4) is 0 Å². The predicted molar refractivity (Wildman–Crippen MR) is 69.1 cm³/mol. The van der Waals surface area contributed by atoms with Gasteiger partial charge in [-0.2, -0.15) is 0 Å². The first-order chi connectivity index (χ1) is 8.12. The lowest BCUT2D eigenvalue weighted by Crippen LogP contribution is -2.42. The fourth-order valence-corrected chi connectivity index (χ4v) is 4.91. The molecular weight excluding hydrogens is 236 g/mol. The van der Waals surface area contributed by atoms with Gasteiger partial charge in [0.15, 0.2) is 0 Å². The number of nitrogens with two attached hydrogens (primary N) is 1. The third kappa shape index (κ3) is 3.42. The molecule has 0 aromatic carbocycles. The predicted octanol–water partition coefficient (Wildman–Crippen LogP) is 1.18. The number of hydrogen-bond donors (Lipinski definition) is 1. The van der Waals surface area contributed by atoms with Crippen LogP contribution in [0.15, 0.2) is 0 Å². The normalized spacial score (nSPS) is 25.5. The Balaban J connectivity index is 1.87. The second kappa shape index (κ2) is 5.67. The van der Waals surface area contributed by atoms with Crippen molar-refractivity contribution in [2.45, 2.75) is 38.5 Å². The van der Waals surface area contributed by atoms with Gasteiger partial charge in [0.25, 0.3) is 0 Å². The van der Waals surface area contributed by atoms with E-state index in [4.69, 9.17) is 5.73 Å². The molecule has 2 N–H and O–H groups in total. The maximum absolute atomic E-state index is 12.2. The van der Waals surface area contributed by atoms with Crippen molar-refractivity contribution in [1.29, 1.82) is 0 Å². The van der Waals surface area contributed by atoms with Crippen LogP contribution in [0.5, 0.6) is 0 Å². The van der Waals surface area contributed by atoms with Gasteiger partial charge in [-0.05, 0) is 44.1 Å². The molecule has 2 fully saturated rings. The summed E-state index contributed by atoms with van der Waals surface area (Å²) in [6, 6.07) is 0. The second-order valence-electron chi connectivity index (χ2n) is 5.51. The van der Waals surface area contributed by atoms with Gasteiger partial charge in [-0.25, -0.2) is 12.7 Å². The van der Waals surface area contributed by atoms with E-state index in [1.54, 1.807) is 4.31 Å². The molecule has 0 radical (unpaired) electrons. The molecule has 0 spiro atoms. The van der Waals surface area contributed by atoms with E-state index in [9.17, 15) is 8.42 Å². The molecule has 0 amide bonds. The first-order valence-corrected chi connectivity index (χ1v) is 8.40. The molecule has 5 heteroatoms. The summed E-state index contributed by atoms with van der Waals surface area (Å²) in [5, 5.41) is 0. The van der Waals surface area contributed by atoms with E-state index in [0.717, 1.165) is 25.7 Å². The third-order valence-electron chi connectivity index (χ3n) is 4.22. The quantitative estimate of drug-likeness (QED) is 0.825. The molecule has 0 atom stereocenters. The maximum Gasteiger partial charge on any atom is 0.214 e. The Morgan fingerprint density at radius 2 is 1.59 bits per heavy atom. The van der Waals surface area contributed by atoms with Gasteiger partial charge >= 0.3 is 0 Å². The van der Waals surface area contributed by atoms with Crippen LogP contribution in [0.25, 0.3) is 0 Å². The largest absolute Gasteiger partial charge is 0.330 e. The minimum Gasteiger partial charge on any atom is -0.330 e. The van der Waals surface area contributed by atoms with Crippen molar-refractivity contribution in [3.05, 3.63) is 0 Å². The Hall–Kier alpha value is -0.130. The van der Waals surface area contributed by atoms with Gasteiger partial charge in [0, 0.05) is 13.1 Å². The standard InChI is InChI=1S/C12H24N2O2S/c13-9-11-5-7-14(8-6-11)17(15,16)10-12-3-1-2-4-12/h11-12H,1-10,13H2. The highest BCUT2D eigenvalue weighted by molar-refractivity contribution is 7.89. The lowest BCUT2D eigenvalue weighted by Gasteiger charge is -2.31. The van der Waals surface area contributed by atoms with E-state index in [1.165, 1.54) is 12.8 Å². The zero-order chi connectivity index (χ0) is 12.3. The minimum atomic E-state index is -3.01. The Morgan fingerprint density at radius 3 is 2.12 bits per heavy atom. The monoisotopic (exact) mass is 260 g/mol. The first kappa shape index (κ1) is 13.3. The van der Waals surface area contributed by atoms with Gasteiger partial charge in [-0.3, -0.25) is 0 Å². The van der Waals surface area contributed by atoms with Crippen molar-refractivity contribution in [3.63, 3.8) is 0 Å². The molecule has 0 bridgehead atoms. The summed E-state index contributed by atoms with van der Waals surface area (Å²) in [5.41, 5.74) is 5.62. The molecule has 100 valence electrons. The highest BCUT2D eigenvalue weighted by Gasteiger charge is 2.30. The summed E-state index contributed by atoms with van der Waals surface area (Å²) >= 11 is 0. The van der Waals surface area contributed by atoms with Crippen molar-refractivity contribution in [1.82, 2.24) is 4.31 Å². The molecule has 1 aliphatic carbocycles. The molecular formula is C12H24N2O2S. The minimum absolute atomic E-state index is 0.375. The Bertz CT molecular complexity index is 328. The number of rotatable bonds is 4. The van der Waals surface area contributed by atoms with Gasteiger partial charge in [-0.15, -0.1) is 0 Å². The average molecular weight is 260 g/mol. The summed E-state index contributed by atoms with van der Waals surface area (Å²) in [4.78, 5) is 0. The first-order valence-electron chi connectivity index (χ1n) is 6.79. The fraction of sp³-hybridized carbons (Fsp3) is 1.00. The van der Waals surface area contributed by atoms with Crippen LogP contribution in [-0.4, -0.2) is 38.1 Å². The van der Waals surface area contributed by atoms with Crippen molar-refractivity contribution in [2.75, 3.05) is 25.4 Å². The van der Waals surface area contributed by atoms with Crippen LogP contribution in [0, 0.1) is 11.8 Å². The number of sulfonamides is 1. The summed E-state index contributed by atoms with van der Waals surface area (Å²) in [6.45, 7) is 2.05. The summed E-state index contributed by atoms with van der Waals surface area (Å²) in [5.74, 6) is 1.31. The van der Waals surface area contributed by atoms with Crippen LogP contribution in [-0.2, 0) is 10.0 Å². The Labute approximate surface area is 105 Å². The van der Waals surface area contributed by atoms with Crippen LogP contribution < -0.4 is 5.73 Å². The van der Waals surface area contributed by atoms with Crippen molar-refractivity contribution in [2.24, 2.45) is 17.6 Å². The SMILES string of the molecule is NCC1CCN(S(=O)(=O)CC2CCCC2)CC1. The van der Waals surface area contributed by atoms with E-state index in [-0.39, 0.29) is 0 Å². The summed E-state index contributed by atoms with van der Waals surface area (Å²) in [6.07, 6.45) is 6.46. The molecule has 1 saturated heterocycles. The van der Waals surface area contributed by atoms with Gasteiger partial charge in [0.2, 0.25) is 10.0 Å². The molecule has 4 nitrogen and oxygen atoms in total. The van der Waals surface area contributed by atoms with Crippen LogP contribution in [0.1, 0.15) is 38.5 Å². The van der Waals surface area contributed by atoms with Crippen LogP contribution in [0.4, 0.5) is 0 Å². The van der Waals surface area contributed by atoms with Gasteiger partial charge in [0.05, 0.1) is 5.75 Å². The third-order valence-corrected chi connectivity index (χ3v) is 6.27. The molecule has 0 unspecified atom stereocenters. The van der Waals surface area contributed by atoms with Crippen LogP contribution in [0.3, 0.4) is 0 Å². The summed E-state index contributed by atoms with van der Waals surface area (Å²) < 4.78 is 26.2. The number of hydrogen-bond acceptors (Lipinski definition) is 3. The molecule has 2 rings (SSSR count). The molecule has 0 aromatic heterocycles. The van der Waals surface area contributed by atoms with Crippen LogP contribution in [0.2, 0.25) is 0 Å². The maximum atomic E-state index is 12.2. The zero-order valence-corrected chi connectivity index (χ0v) is 11.3. The lowest BCUT2D eigenvalue weighted by molar-refractivity contribution is 0.277. The summed E-state index contributed by atoms with van der Waals surface area (Å²) in [7, 11) is -3.01. The molecule has 2 aliphatic rings. The average Bonchev–Trinajstić information content (AvgIpc) is 2.81. The van der Waals surface area contributed by atoms with Crippen LogP contribution >= 0.6 is 0 Å². The molecule has 0 aromatic rings. The number of piperidine rings is 1. The topological polar surface area (TPSA) is 63.4 Å². The Kier molecular flexibility index (Phi) is 4.44. The van der Waals surface area contributed by atoms with Crippen molar-refractivity contribution < 1.29 is 8.42 Å². The van der Waals surface area contributed by atoms with Gasteiger partial charge in [-0.1, -0.05) is 12.8 Å². The molecule has 1 aliphatic heterocycles. The molecule has 1 saturated carbocycles. The van der Waals surface area contributed by atoms with Gasteiger partial charge in [0.1, 0.15) is 0 Å². The van der Waals surface area contributed by atoms with E-state index >= 15 is 0 Å².